The average Bonchev–Trinajstić information content (AvgIpc) is 2.96. The van der Waals surface area contributed by atoms with Gasteiger partial charge in [0.05, 0.1) is 6.33 Å². The van der Waals surface area contributed by atoms with Gasteiger partial charge in [0.1, 0.15) is 18.1 Å². The van der Waals surface area contributed by atoms with E-state index in [2.05, 4.69) is 20.3 Å². The summed E-state index contributed by atoms with van der Waals surface area (Å²) in [4.78, 5) is 12.7. The Balaban J connectivity index is 2.12. The molecule has 1 atom stereocenters. The zero-order valence-electron chi connectivity index (χ0n) is 9.05. The summed E-state index contributed by atoms with van der Waals surface area (Å²) in [5, 5.41) is 3.01. The van der Waals surface area contributed by atoms with E-state index in [0.717, 1.165) is 36.4 Å². The minimum Gasteiger partial charge on any atom is -0.371 e. The van der Waals surface area contributed by atoms with Gasteiger partial charge >= 0.3 is 0 Å². The van der Waals surface area contributed by atoms with Crippen molar-refractivity contribution in [3.8, 4) is 0 Å². The van der Waals surface area contributed by atoms with Gasteiger partial charge in [0.25, 0.3) is 0 Å². The molecule has 0 saturated carbocycles. The molecule has 0 aliphatic carbocycles. The number of hydrogen-bond donors (Lipinski definition) is 1. The fourth-order valence-electron chi connectivity index (χ4n) is 2.03. The number of hydrogen-bond acceptors (Lipinski definition) is 5. The molecule has 1 aliphatic heterocycles. The molecular weight excluding hydrogens is 206 g/mol. The molecule has 84 valence electrons. The number of nitrogens with one attached hydrogen (secondary N) is 1. The molecule has 6 nitrogen and oxygen atoms in total. The number of nitrogens with zero attached hydrogens (tertiary/aromatic N) is 4. The van der Waals surface area contributed by atoms with Crippen molar-refractivity contribution < 1.29 is 4.74 Å². The molecule has 2 aromatic rings. The molecule has 1 aliphatic rings. The van der Waals surface area contributed by atoms with Crippen LogP contribution in [-0.2, 0) is 4.74 Å². The minimum absolute atomic E-state index is 0.0737. The van der Waals surface area contributed by atoms with Gasteiger partial charge in [-0.15, -0.1) is 0 Å². The van der Waals surface area contributed by atoms with Crippen molar-refractivity contribution in [1.82, 2.24) is 19.5 Å². The highest BCUT2D eigenvalue weighted by Gasteiger charge is 2.20. The van der Waals surface area contributed by atoms with Crippen LogP contribution >= 0.6 is 0 Å². The number of anilines is 1. The Labute approximate surface area is 92.7 Å². The van der Waals surface area contributed by atoms with Crippen molar-refractivity contribution in [2.75, 3.05) is 19.0 Å². The zero-order valence-corrected chi connectivity index (χ0v) is 9.05. The van der Waals surface area contributed by atoms with Gasteiger partial charge in [-0.3, -0.25) is 4.57 Å². The van der Waals surface area contributed by atoms with Gasteiger partial charge in [-0.1, -0.05) is 0 Å². The second-order valence-corrected chi connectivity index (χ2v) is 3.76. The molecule has 0 radical (unpaired) electrons. The summed E-state index contributed by atoms with van der Waals surface area (Å²) in [6.07, 6.45) is 5.50. The lowest BCUT2D eigenvalue weighted by Crippen LogP contribution is -2.06. The molecule has 1 saturated heterocycles. The highest BCUT2D eigenvalue weighted by Crippen LogP contribution is 2.27. The standard InChI is InChI=1S/C10H13N5O/c1-11-9-8-10(13-5-12-9)15(6-14-8)7-3-2-4-16-7/h5-7H,2-4H2,1H3,(H,11,12,13). The minimum atomic E-state index is 0.0737. The van der Waals surface area contributed by atoms with Crippen LogP contribution in [0.5, 0.6) is 0 Å². The normalized spacial score (nSPS) is 20.4. The highest BCUT2D eigenvalue weighted by atomic mass is 16.5. The maximum Gasteiger partial charge on any atom is 0.167 e. The van der Waals surface area contributed by atoms with Crippen molar-refractivity contribution in [3.05, 3.63) is 12.7 Å². The lowest BCUT2D eigenvalue weighted by Gasteiger charge is -2.11. The molecule has 0 bridgehead atoms. The topological polar surface area (TPSA) is 64.9 Å². The Hall–Kier alpha value is -1.69. The predicted molar refractivity (Wildman–Crippen MR) is 59.1 cm³/mol. The van der Waals surface area contributed by atoms with Crippen molar-refractivity contribution >= 4 is 17.0 Å². The van der Waals surface area contributed by atoms with Crippen LogP contribution in [0.4, 0.5) is 5.82 Å². The van der Waals surface area contributed by atoms with Gasteiger partial charge in [0, 0.05) is 13.7 Å². The van der Waals surface area contributed by atoms with E-state index >= 15 is 0 Å². The number of imidazole rings is 1. The first-order valence-corrected chi connectivity index (χ1v) is 5.37. The third kappa shape index (κ3) is 1.34. The van der Waals surface area contributed by atoms with Crippen molar-refractivity contribution in [1.29, 1.82) is 0 Å². The first kappa shape index (κ1) is 9.53. The fourth-order valence-corrected chi connectivity index (χ4v) is 2.03. The molecule has 0 spiro atoms. The van der Waals surface area contributed by atoms with Gasteiger partial charge in [0.2, 0.25) is 0 Å². The third-order valence-electron chi connectivity index (χ3n) is 2.81. The molecule has 0 aromatic carbocycles. The third-order valence-corrected chi connectivity index (χ3v) is 2.81. The summed E-state index contributed by atoms with van der Waals surface area (Å²) in [6, 6.07) is 0. The smallest absolute Gasteiger partial charge is 0.167 e. The van der Waals surface area contributed by atoms with Crippen LogP contribution in [0.3, 0.4) is 0 Å². The molecule has 1 unspecified atom stereocenters. The molecule has 1 N–H and O–H groups in total. The van der Waals surface area contributed by atoms with Crippen molar-refractivity contribution in [2.45, 2.75) is 19.1 Å². The van der Waals surface area contributed by atoms with Crippen LogP contribution in [0.25, 0.3) is 11.2 Å². The Morgan fingerprint density at radius 2 is 2.38 bits per heavy atom. The predicted octanol–water partition coefficient (Wildman–Crippen LogP) is 1.18. The summed E-state index contributed by atoms with van der Waals surface area (Å²) in [5.74, 6) is 0.752. The van der Waals surface area contributed by atoms with E-state index in [-0.39, 0.29) is 6.23 Å². The second-order valence-electron chi connectivity index (χ2n) is 3.76. The maximum absolute atomic E-state index is 5.62. The number of fused-ring (bicyclic) bond motifs is 1. The molecule has 2 aromatic heterocycles. The lowest BCUT2D eigenvalue weighted by molar-refractivity contribution is 0.0593. The van der Waals surface area contributed by atoms with E-state index in [1.165, 1.54) is 0 Å². The summed E-state index contributed by atoms with van der Waals surface area (Å²) >= 11 is 0. The number of aromatic nitrogens is 4. The van der Waals surface area contributed by atoms with Gasteiger partial charge in [-0.05, 0) is 12.8 Å². The molecule has 16 heavy (non-hydrogen) atoms. The van der Waals surface area contributed by atoms with Gasteiger partial charge in [-0.2, -0.15) is 0 Å². The van der Waals surface area contributed by atoms with Crippen molar-refractivity contribution in [2.24, 2.45) is 0 Å². The SMILES string of the molecule is CNc1ncnc2c1ncn2C1CCCO1. The summed E-state index contributed by atoms with van der Waals surface area (Å²) in [7, 11) is 1.83. The molecule has 1 fully saturated rings. The van der Waals surface area contributed by atoms with Gasteiger partial charge < -0.3 is 10.1 Å². The number of rotatable bonds is 2. The molecule has 3 rings (SSSR count). The monoisotopic (exact) mass is 219 g/mol. The Bertz CT molecular complexity index is 503. The van der Waals surface area contributed by atoms with E-state index in [1.54, 1.807) is 12.7 Å². The molecule has 3 heterocycles. The average molecular weight is 219 g/mol. The summed E-state index contributed by atoms with van der Waals surface area (Å²) in [5.41, 5.74) is 1.62. The lowest BCUT2D eigenvalue weighted by atomic mass is 10.3. The Morgan fingerprint density at radius 1 is 1.44 bits per heavy atom. The van der Waals surface area contributed by atoms with Gasteiger partial charge in [0.15, 0.2) is 11.5 Å². The first-order chi connectivity index (χ1) is 7.90. The summed E-state index contributed by atoms with van der Waals surface area (Å²) in [6.45, 7) is 0.814. The van der Waals surface area contributed by atoms with E-state index < -0.39 is 0 Å². The first-order valence-electron chi connectivity index (χ1n) is 5.37. The zero-order chi connectivity index (χ0) is 11.0. The Morgan fingerprint density at radius 3 is 3.12 bits per heavy atom. The summed E-state index contributed by atoms with van der Waals surface area (Å²) < 4.78 is 7.60. The van der Waals surface area contributed by atoms with Crippen LogP contribution in [0.2, 0.25) is 0 Å². The van der Waals surface area contributed by atoms with Crippen molar-refractivity contribution in [3.63, 3.8) is 0 Å². The number of ether oxygens (including phenoxy) is 1. The van der Waals surface area contributed by atoms with Crippen LogP contribution in [0, 0.1) is 0 Å². The van der Waals surface area contributed by atoms with Crippen LogP contribution in [0.1, 0.15) is 19.1 Å². The van der Waals surface area contributed by atoms with E-state index in [0.29, 0.717) is 0 Å². The van der Waals surface area contributed by atoms with Crippen LogP contribution in [0.15, 0.2) is 12.7 Å². The van der Waals surface area contributed by atoms with E-state index in [1.807, 2.05) is 11.6 Å². The van der Waals surface area contributed by atoms with Crippen LogP contribution in [-0.4, -0.2) is 33.2 Å². The fraction of sp³-hybridized carbons (Fsp3) is 0.500. The van der Waals surface area contributed by atoms with Gasteiger partial charge in [-0.25, -0.2) is 15.0 Å². The molecular formula is C10H13N5O. The second kappa shape index (κ2) is 3.71. The van der Waals surface area contributed by atoms with E-state index in [4.69, 9.17) is 4.74 Å². The largest absolute Gasteiger partial charge is 0.371 e. The van der Waals surface area contributed by atoms with E-state index in [9.17, 15) is 0 Å². The highest BCUT2D eigenvalue weighted by molar-refractivity contribution is 5.82. The van der Waals surface area contributed by atoms with Crippen LogP contribution < -0.4 is 5.32 Å². The molecule has 0 amide bonds. The Kier molecular flexibility index (Phi) is 2.21. The maximum atomic E-state index is 5.62. The molecule has 6 heteroatoms. The quantitative estimate of drug-likeness (QED) is 0.821.